The van der Waals surface area contributed by atoms with Gasteiger partial charge in [0.25, 0.3) is 11.6 Å². The van der Waals surface area contributed by atoms with Crippen LogP contribution in [0.3, 0.4) is 0 Å². The normalized spacial score (nSPS) is 14.9. The van der Waals surface area contributed by atoms with Gasteiger partial charge in [-0.15, -0.1) is 0 Å². The summed E-state index contributed by atoms with van der Waals surface area (Å²) in [7, 11) is 1.66. The lowest BCUT2D eigenvalue weighted by atomic mass is 9.89. The van der Waals surface area contributed by atoms with E-state index in [-0.39, 0.29) is 11.6 Å². The average Bonchev–Trinajstić information content (AvgIpc) is 3.42. The minimum Gasteiger partial charge on any atom is -0.497 e. The molecule has 5 rings (SSSR count). The van der Waals surface area contributed by atoms with E-state index in [1.165, 1.54) is 17.7 Å². The molecule has 0 unspecified atom stereocenters. The summed E-state index contributed by atoms with van der Waals surface area (Å²) in [6, 6.07) is 10.6. The lowest BCUT2D eigenvalue weighted by Gasteiger charge is -2.32. The molecule has 2 aromatic carbocycles. The fraction of sp³-hybridized carbons (Fsp3) is 0.261. The standard InChI is InChI=1S/C23H22N4O4/c1-31-16-3-5-22-18(11-16)19(12-24-22)14-6-8-26(9-7-14)23(28)20-13-25-21-4-2-15(27(29)30)10-17(20)21/h2-5,10-14,24-25H,6-9H2,1H3. The van der Waals surface area contributed by atoms with Gasteiger partial charge in [-0.05, 0) is 48.6 Å². The van der Waals surface area contributed by atoms with E-state index in [4.69, 9.17) is 4.74 Å². The number of nitrogens with one attached hydrogen (secondary N) is 2. The van der Waals surface area contributed by atoms with Gasteiger partial charge in [-0.1, -0.05) is 0 Å². The summed E-state index contributed by atoms with van der Waals surface area (Å²) in [4.78, 5) is 32.1. The monoisotopic (exact) mass is 418 g/mol. The molecule has 158 valence electrons. The number of rotatable bonds is 4. The number of carbonyl (C=O) groups excluding carboxylic acids is 1. The van der Waals surface area contributed by atoms with Crippen LogP contribution in [0.5, 0.6) is 5.75 Å². The molecule has 31 heavy (non-hydrogen) atoms. The van der Waals surface area contributed by atoms with E-state index in [9.17, 15) is 14.9 Å². The van der Waals surface area contributed by atoms with E-state index in [0.29, 0.717) is 30.0 Å². The molecule has 3 heterocycles. The van der Waals surface area contributed by atoms with Crippen LogP contribution < -0.4 is 4.74 Å². The van der Waals surface area contributed by atoms with Gasteiger partial charge in [0.1, 0.15) is 5.75 Å². The number of ether oxygens (including phenoxy) is 1. The number of non-ortho nitro benzene ring substituents is 1. The molecule has 8 nitrogen and oxygen atoms in total. The summed E-state index contributed by atoms with van der Waals surface area (Å²) < 4.78 is 5.37. The van der Waals surface area contributed by atoms with Crippen molar-refractivity contribution in [2.75, 3.05) is 20.2 Å². The summed E-state index contributed by atoms with van der Waals surface area (Å²) in [5.41, 5.74) is 3.51. The third-order valence-corrected chi connectivity index (χ3v) is 6.25. The van der Waals surface area contributed by atoms with Crippen molar-refractivity contribution >= 4 is 33.4 Å². The Morgan fingerprint density at radius 1 is 1.06 bits per heavy atom. The van der Waals surface area contributed by atoms with Gasteiger partial charge in [0.15, 0.2) is 0 Å². The van der Waals surface area contributed by atoms with Crippen LogP contribution in [-0.2, 0) is 0 Å². The number of hydrogen-bond donors (Lipinski definition) is 2. The number of H-pyrrole nitrogens is 2. The van der Waals surface area contributed by atoms with Crippen LogP contribution in [0.4, 0.5) is 5.69 Å². The molecule has 0 aliphatic carbocycles. The van der Waals surface area contributed by atoms with Crippen molar-refractivity contribution in [2.45, 2.75) is 18.8 Å². The number of amides is 1. The highest BCUT2D eigenvalue weighted by Gasteiger charge is 2.27. The number of hydrogen-bond acceptors (Lipinski definition) is 4. The maximum atomic E-state index is 13.2. The zero-order chi connectivity index (χ0) is 21.5. The molecule has 0 spiro atoms. The molecule has 0 radical (unpaired) electrons. The van der Waals surface area contributed by atoms with Gasteiger partial charge in [-0.2, -0.15) is 0 Å². The number of aromatic amines is 2. The summed E-state index contributed by atoms with van der Waals surface area (Å²) in [5, 5.41) is 12.9. The van der Waals surface area contributed by atoms with E-state index in [0.717, 1.165) is 35.0 Å². The second kappa shape index (κ2) is 7.46. The van der Waals surface area contributed by atoms with Gasteiger partial charge in [0.2, 0.25) is 0 Å². The predicted octanol–water partition coefficient (Wildman–Crippen LogP) is 4.59. The second-order valence-electron chi connectivity index (χ2n) is 7.91. The Bertz CT molecular complexity index is 1300. The quantitative estimate of drug-likeness (QED) is 0.374. The Balaban J connectivity index is 1.35. The number of carbonyl (C=O) groups is 1. The molecular weight excluding hydrogens is 396 g/mol. The Hall–Kier alpha value is -3.81. The molecule has 0 saturated carbocycles. The van der Waals surface area contributed by atoms with Crippen molar-refractivity contribution in [3.8, 4) is 5.75 Å². The maximum absolute atomic E-state index is 13.2. The van der Waals surface area contributed by atoms with E-state index >= 15 is 0 Å². The number of nitro groups is 1. The van der Waals surface area contributed by atoms with Gasteiger partial charge >= 0.3 is 0 Å². The van der Waals surface area contributed by atoms with Gasteiger partial charge in [0, 0.05) is 59.4 Å². The third kappa shape index (κ3) is 3.30. The van der Waals surface area contributed by atoms with Crippen molar-refractivity contribution < 1.29 is 14.5 Å². The van der Waals surface area contributed by atoms with Crippen molar-refractivity contribution in [3.05, 3.63) is 70.0 Å². The molecule has 1 fully saturated rings. The molecule has 1 saturated heterocycles. The first-order valence-electron chi connectivity index (χ1n) is 10.2. The SMILES string of the molecule is COc1ccc2[nH]cc(C3CCN(C(=O)c4c[nH]c5ccc([N+](=O)[O-])cc45)CC3)c2c1. The molecule has 0 atom stereocenters. The number of nitro benzene ring substituents is 1. The van der Waals surface area contributed by atoms with Crippen molar-refractivity contribution in [1.29, 1.82) is 0 Å². The summed E-state index contributed by atoms with van der Waals surface area (Å²) in [5.74, 6) is 1.09. The van der Waals surface area contributed by atoms with Crippen LogP contribution in [-0.4, -0.2) is 45.9 Å². The third-order valence-electron chi connectivity index (χ3n) is 6.25. The van der Waals surface area contributed by atoms with Crippen molar-refractivity contribution in [3.63, 3.8) is 0 Å². The number of aromatic nitrogens is 2. The van der Waals surface area contributed by atoms with Crippen LogP contribution in [0.25, 0.3) is 21.8 Å². The van der Waals surface area contributed by atoms with Gasteiger partial charge in [-0.3, -0.25) is 14.9 Å². The molecular formula is C23H22N4O4. The molecule has 0 bridgehead atoms. The van der Waals surface area contributed by atoms with E-state index in [1.54, 1.807) is 19.4 Å². The van der Waals surface area contributed by atoms with Gasteiger partial charge in [-0.25, -0.2) is 0 Å². The van der Waals surface area contributed by atoms with E-state index in [2.05, 4.69) is 22.2 Å². The Morgan fingerprint density at radius 2 is 1.77 bits per heavy atom. The Labute approximate surface area is 178 Å². The number of piperidine rings is 1. The van der Waals surface area contributed by atoms with Crippen molar-refractivity contribution in [2.24, 2.45) is 0 Å². The number of methoxy groups -OCH3 is 1. The minimum atomic E-state index is -0.442. The fourth-order valence-electron chi connectivity index (χ4n) is 4.55. The molecule has 2 N–H and O–H groups in total. The van der Waals surface area contributed by atoms with Gasteiger partial charge in [0.05, 0.1) is 17.6 Å². The van der Waals surface area contributed by atoms with Crippen LogP contribution in [0, 0.1) is 10.1 Å². The van der Waals surface area contributed by atoms with Crippen molar-refractivity contribution in [1.82, 2.24) is 14.9 Å². The zero-order valence-corrected chi connectivity index (χ0v) is 17.1. The average molecular weight is 418 g/mol. The maximum Gasteiger partial charge on any atom is 0.270 e. The largest absolute Gasteiger partial charge is 0.497 e. The van der Waals surface area contributed by atoms with E-state index < -0.39 is 4.92 Å². The van der Waals surface area contributed by atoms with E-state index in [1.807, 2.05) is 17.0 Å². The zero-order valence-electron chi connectivity index (χ0n) is 17.1. The van der Waals surface area contributed by atoms with Crippen LogP contribution in [0.1, 0.15) is 34.7 Å². The molecule has 1 aliphatic rings. The van der Waals surface area contributed by atoms with Crippen LogP contribution in [0.2, 0.25) is 0 Å². The Kier molecular flexibility index (Phi) is 4.62. The molecule has 8 heteroatoms. The predicted molar refractivity (Wildman–Crippen MR) is 118 cm³/mol. The Morgan fingerprint density at radius 3 is 2.52 bits per heavy atom. The first-order valence-corrected chi connectivity index (χ1v) is 10.2. The summed E-state index contributed by atoms with van der Waals surface area (Å²) >= 11 is 0. The number of benzene rings is 2. The molecule has 2 aromatic heterocycles. The molecule has 1 aliphatic heterocycles. The van der Waals surface area contributed by atoms with Crippen LogP contribution in [0.15, 0.2) is 48.8 Å². The second-order valence-corrected chi connectivity index (χ2v) is 7.91. The fourth-order valence-corrected chi connectivity index (χ4v) is 4.55. The summed E-state index contributed by atoms with van der Waals surface area (Å²) in [6.45, 7) is 1.28. The highest BCUT2D eigenvalue weighted by molar-refractivity contribution is 6.07. The smallest absolute Gasteiger partial charge is 0.270 e. The summed E-state index contributed by atoms with van der Waals surface area (Å²) in [6.07, 6.45) is 5.43. The molecule has 1 amide bonds. The number of fused-ring (bicyclic) bond motifs is 2. The minimum absolute atomic E-state index is 0.0189. The highest BCUT2D eigenvalue weighted by atomic mass is 16.6. The number of likely N-dealkylation sites (tertiary alicyclic amines) is 1. The first kappa shape index (κ1) is 19.2. The first-order chi connectivity index (χ1) is 15.0. The number of nitrogens with zero attached hydrogens (tertiary/aromatic N) is 2. The lowest BCUT2D eigenvalue weighted by Crippen LogP contribution is -2.37. The van der Waals surface area contributed by atoms with Gasteiger partial charge < -0.3 is 19.6 Å². The topological polar surface area (TPSA) is 104 Å². The lowest BCUT2D eigenvalue weighted by molar-refractivity contribution is -0.384. The molecule has 4 aromatic rings. The highest BCUT2D eigenvalue weighted by Crippen LogP contribution is 2.35. The van der Waals surface area contributed by atoms with Crippen LogP contribution >= 0.6 is 0 Å².